The lowest BCUT2D eigenvalue weighted by molar-refractivity contribution is -0.131. The van der Waals surface area contributed by atoms with Crippen molar-refractivity contribution in [3.8, 4) is 0 Å². The Morgan fingerprint density at radius 1 is 1.44 bits per heavy atom. The number of hydrogen-bond acceptors (Lipinski definition) is 2. The van der Waals surface area contributed by atoms with E-state index in [2.05, 4.69) is 5.32 Å². The van der Waals surface area contributed by atoms with Gasteiger partial charge in [0.25, 0.3) is 0 Å². The third-order valence-corrected chi connectivity index (χ3v) is 2.91. The molecule has 0 amide bonds. The van der Waals surface area contributed by atoms with Gasteiger partial charge in [-0.25, -0.2) is 4.79 Å². The van der Waals surface area contributed by atoms with Crippen molar-refractivity contribution in [1.82, 2.24) is 5.32 Å². The Labute approximate surface area is 98.8 Å². The molecule has 1 unspecified atom stereocenters. The van der Waals surface area contributed by atoms with Crippen molar-refractivity contribution in [2.45, 2.75) is 13.0 Å². The number of aliphatic carboxylic acids is 1. The Morgan fingerprint density at radius 3 is 2.69 bits per heavy atom. The number of carboxylic acids is 1. The van der Waals surface area contributed by atoms with Crippen LogP contribution >= 0.6 is 12.2 Å². The molecule has 0 saturated heterocycles. The second-order valence-electron chi connectivity index (χ2n) is 3.68. The summed E-state index contributed by atoms with van der Waals surface area (Å²) in [6, 6.07) is 7.49. The van der Waals surface area contributed by atoms with Crippen LogP contribution in [-0.2, 0) is 4.79 Å². The zero-order valence-corrected chi connectivity index (χ0v) is 9.54. The van der Waals surface area contributed by atoms with Gasteiger partial charge >= 0.3 is 5.97 Å². The fourth-order valence-electron chi connectivity index (χ4n) is 1.85. The highest BCUT2D eigenvalue weighted by Crippen LogP contribution is 2.27. The van der Waals surface area contributed by atoms with Crippen LogP contribution in [0.2, 0.25) is 0 Å². The van der Waals surface area contributed by atoms with Gasteiger partial charge in [-0.2, -0.15) is 0 Å². The molecule has 0 aromatic heterocycles. The minimum absolute atomic E-state index is 0.0708. The van der Waals surface area contributed by atoms with Gasteiger partial charge in [0.05, 0.1) is 6.04 Å². The van der Waals surface area contributed by atoms with E-state index in [0.29, 0.717) is 4.99 Å². The van der Waals surface area contributed by atoms with Crippen molar-refractivity contribution in [2.24, 2.45) is 0 Å². The molecule has 1 heterocycles. The van der Waals surface area contributed by atoms with Crippen molar-refractivity contribution in [1.29, 1.82) is 0 Å². The number of thiocarbonyl (C=S) groups is 1. The Balaban J connectivity index is 2.60. The van der Waals surface area contributed by atoms with E-state index in [0.717, 1.165) is 16.7 Å². The van der Waals surface area contributed by atoms with Crippen molar-refractivity contribution in [3.63, 3.8) is 0 Å². The molecule has 1 aliphatic rings. The standard InChI is InChI=1S/C12H11NO2S/c1-7-10(6-11(14)15)8-4-2-3-5-9(8)12(16)13-7/h2-7H,1H3,(H,13,16)(H,14,15)/b10-6-. The molecule has 2 N–H and O–H groups in total. The topological polar surface area (TPSA) is 49.3 Å². The van der Waals surface area contributed by atoms with E-state index >= 15 is 0 Å². The second kappa shape index (κ2) is 4.06. The predicted octanol–water partition coefficient (Wildman–Crippen LogP) is 1.82. The molecular formula is C12H11NO2S. The second-order valence-corrected chi connectivity index (χ2v) is 4.09. The van der Waals surface area contributed by atoms with Gasteiger partial charge in [0, 0.05) is 11.6 Å². The van der Waals surface area contributed by atoms with Gasteiger partial charge in [-0.15, -0.1) is 0 Å². The molecule has 16 heavy (non-hydrogen) atoms. The zero-order valence-electron chi connectivity index (χ0n) is 8.73. The lowest BCUT2D eigenvalue weighted by Crippen LogP contribution is -2.38. The van der Waals surface area contributed by atoms with Crippen LogP contribution < -0.4 is 5.32 Å². The molecule has 0 saturated carbocycles. The zero-order chi connectivity index (χ0) is 11.7. The highest BCUT2D eigenvalue weighted by Gasteiger charge is 2.23. The smallest absolute Gasteiger partial charge is 0.328 e. The summed E-state index contributed by atoms with van der Waals surface area (Å²) in [7, 11) is 0. The van der Waals surface area contributed by atoms with Crippen LogP contribution in [0.15, 0.2) is 30.3 Å². The average Bonchev–Trinajstić information content (AvgIpc) is 2.24. The molecule has 0 bridgehead atoms. The summed E-state index contributed by atoms with van der Waals surface area (Å²) < 4.78 is 0. The van der Waals surface area contributed by atoms with E-state index in [1.165, 1.54) is 6.08 Å². The van der Waals surface area contributed by atoms with Crippen LogP contribution in [-0.4, -0.2) is 22.1 Å². The van der Waals surface area contributed by atoms with E-state index in [9.17, 15) is 4.79 Å². The molecule has 0 aliphatic carbocycles. The number of nitrogens with one attached hydrogen (secondary N) is 1. The molecule has 82 valence electrons. The van der Waals surface area contributed by atoms with Crippen molar-refractivity contribution in [2.75, 3.05) is 0 Å². The summed E-state index contributed by atoms with van der Waals surface area (Å²) in [5.41, 5.74) is 2.56. The lowest BCUT2D eigenvalue weighted by atomic mass is 9.91. The van der Waals surface area contributed by atoms with E-state index in [1.807, 2.05) is 31.2 Å². The number of rotatable bonds is 1. The Bertz CT molecular complexity index is 494. The van der Waals surface area contributed by atoms with Crippen LogP contribution in [0, 0.1) is 0 Å². The number of carboxylic acid groups (broad SMARTS) is 1. The van der Waals surface area contributed by atoms with Crippen molar-refractivity contribution >= 4 is 28.7 Å². The SMILES string of the molecule is CC1NC(=S)c2ccccc2/C1=C\C(=O)O. The molecule has 3 nitrogen and oxygen atoms in total. The maximum absolute atomic E-state index is 10.8. The number of hydrogen-bond donors (Lipinski definition) is 2. The van der Waals surface area contributed by atoms with E-state index in [1.54, 1.807) is 0 Å². The molecule has 1 aliphatic heterocycles. The molecule has 0 fully saturated rings. The highest BCUT2D eigenvalue weighted by molar-refractivity contribution is 7.80. The third kappa shape index (κ3) is 1.84. The number of fused-ring (bicyclic) bond motifs is 1. The van der Waals surface area contributed by atoms with Gasteiger partial charge in [0.1, 0.15) is 4.99 Å². The molecule has 2 rings (SSSR count). The summed E-state index contributed by atoms with van der Waals surface area (Å²) in [4.78, 5) is 11.4. The highest BCUT2D eigenvalue weighted by atomic mass is 32.1. The predicted molar refractivity (Wildman–Crippen MR) is 66.4 cm³/mol. The third-order valence-electron chi connectivity index (χ3n) is 2.58. The minimum Gasteiger partial charge on any atom is -0.478 e. The summed E-state index contributed by atoms with van der Waals surface area (Å²) in [6.07, 6.45) is 1.23. The van der Waals surface area contributed by atoms with Gasteiger partial charge in [-0.1, -0.05) is 36.5 Å². The van der Waals surface area contributed by atoms with E-state index in [-0.39, 0.29) is 6.04 Å². The first-order valence-corrected chi connectivity index (χ1v) is 5.35. The largest absolute Gasteiger partial charge is 0.478 e. The summed E-state index contributed by atoms with van der Waals surface area (Å²) in [5.74, 6) is -0.939. The van der Waals surface area contributed by atoms with Crippen LogP contribution in [0.1, 0.15) is 18.1 Å². The minimum atomic E-state index is -0.939. The normalized spacial score (nSPS) is 21.4. The Kier molecular flexibility index (Phi) is 2.75. The number of benzene rings is 1. The van der Waals surface area contributed by atoms with Gasteiger partial charge in [0.15, 0.2) is 0 Å². The Morgan fingerprint density at radius 2 is 2.06 bits per heavy atom. The van der Waals surface area contributed by atoms with Gasteiger partial charge in [0.2, 0.25) is 0 Å². The van der Waals surface area contributed by atoms with Crippen LogP contribution in [0.3, 0.4) is 0 Å². The van der Waals surface area contributed by atoms with Crippen LogP contribution in [0.4, 0.5) is 0 Å². The van der Waals surface area contributed by atoms with E-state index in [4.69, 9.17) is 17.3 Å². The van der Waals surface area contributed by atoms with Crippen LogP contribution in [0.25, 0.3) is 5.57 Å². The fourth-order valence-corrected chi connectivity index (χ4v) is 2.21. The van der Waals surface area contributed by atoms with Crippen molar-refractivity contribution in [3.05, 3.63) is 41.5 Å². The van der Waals surface area contributed by atoms with Crippen LogP contribution in [0.5, 0.6) is 0 Å². The summed E-state index contributed by atoms with van der Waals surface area (Å²) in [5, 5.41) is 11.9. The maximum atomic E-state index is 10.8. The molecule has 1 atom stereocenters. The first kappa shape index (κ1) is 10.8. The summed E-state index contributed by atoms with van der Waals surface area (Å²) in [6.45, 7) is 1.90. The molecule has 0 radical (unpaired) electrons. The van der Waals surface area contributed by atoms with E-state index < -0.39 is 5.97 Å². The molecular weight excluding hydrogens is 222 g/mol. The monoisotopic (exact) mass is 233 g/mol. The molecule has 1 aromatic rings. The van der Waals surface area contributed by atoms with Gasteiger partial charge < -0.3 is 10.4 Å². The average molecular weight is 233 g/mol. The van der Waals surface area contributed by atoms with Gasteiger partial charge in [-0.3, -0.25) is 0 Å². The number of carbonyl (C=O) groups is 1. The summed E-state index contributed by atoms with van der Waals surface area (Å²) >= 11 is 5.22. The maximum Gasteiger partial charge on any atom is 0.328 e. The molecule has 4 heteroatoms. The fraction of sp³-hybridized carbons (Fsp3) is 0.167. The first-order chi connectivity index (χ1) is 7.59. The van der Waals surface area contributed by atoms with Gasteiger partial charge in [-0.05, 0) is 18.1 Å². The quantitative estimate of drug-likeness (QED) is 0.574. The first-order valence-electron chi connectivity index (χ1n) is 4.94. The lowest BCUT2D eigenvalue weighted by Gasteiger charge is -2.27. The molecule has 1 aromatic carbocycles. The molecule has 0 spiro atoms. The Hall–Kier alpha value is -1.68. The van der Waals surface area contributed by atoms with Crippen molar-refractivity contribution < 1.29 is 9.90 Å².